The molecule has 7 nitrogen and oxygen atoms in total. The predicted molar refractivity (Wildman–Crippen MR) is 75.7 cm³/mol. The highest BCUT2D eigenvalue weighted by Crippen LogP contribution is 2.05. The molecule has 1 rings (SSSR count). The van der Waals surface area contributed by atoms with Gasteiger partial charge in [0.15, 0.2) is 0 Å². The highest BCUT2D eigenvalue weighted by Gasteiger charge is 2.16. The fourth-order valence-electron chi connectivity index (χ4n) is 1.76. The number of hydrogen-bond acceptors (Lipinski definition) is 4. The van der Waals surface area contributed by atoms with Gasteiger partial charge >= 0.3 is 5.97 Å². The number of amides is 2. The summed E-state index contributed by atoms with van der Waals surface area (Å²) in [6.45, 7) is 2.39. The lowest BCUT2D eigenvalue weighted by Crippen LogP contribution is -2.35. The van der Waals surface area contributed by atoms with Crippen LogP contribution in [-0.4, -0.2) is 52.4 Å². The third-order valence-electron chi connectivity index (χ3n) is 2.79. The van der Waals surface area contributed by atoms with E-state index in [4.69, 9.17) is 5.11 Å². The van der Waals surface area contributed by atoms with Gasteiger partial charge in [-0.15, -0.1) is 0 Å². The molecule has 1 heterocycles. The molecule has 0 aliphatic heterocycles. The lowest BCUT2D eigenvalue weighted by molar-refractivity contribution is -0.137. The van der Waals surface area contributed by atoms with Crippen molar-refractivity contribution in [2.24, 2.45) is 0 Å². The van der Waals surface area contributed by atoms with Crippen molar-refractivity contribution in [1.82, 2.24) is 15.2 Å². The third kappa shape index (κ3) is 6.51. The topological polar surface area (TPSA) is 99.6 Å². The van der Waals surface area contributed by atoms with E-state index in [9.17, 15) is 14.4 Å². The molecular formula is C14H19N3O4. The molecule has 0 saturated heterocycles. The van der Waals surface area contributed by atoms with Crippen LogP contribution in [0.25, 0.3) is 0 Å². The van der Waals surface area contributed by atoms with Gasteiger partial charge < -0.3 is 15.3 Å². The van der Waals surface area contributed by atoms with E-state index in [-0.39, 0.29) is 24.8 Å². The van der Waals surface area contributed by atoms with E-state index < -0.39 is 5.97 Å². The summed E-state index contributed by atoms with van der Waals surface area (Å²) < 4.78 is 0. The normalized spacial score (nSPS) is 9.95. The van der Waals surface area contributed by atoms with Crippen molar-refractivity contribution in [3.8, 4) is 0 Å². The Hall–Kier alpha value is -2.44. The first kappa shape index (κ1) is 16.6. The van der Waals surface area contributed by atoms with Crippen LogP contribution in [0.4, 0.5) is 0 Å². The molecule has 0 bridgehead atoms. The van der Waals surface area contributed by atoms with Gasteiger partial charge in [-0.3, -0.25) is 19.4 Å². The van der Waals surface area contributed by atoms with Crippen LogP contribution in [0.3, 0.4) is 0 Å². The van der Waals surface area contributed by atoms with Crippen molar-refractivity contribution < 1.29 is 19.5 Å². The van der Waals surface area contributed by atoms with Crippen LogP contribution in [0.5, 0.6) is 0 Å². The summed E-state index contributed by atoms with van der Waals surface area (Å²) in [5.41, 5.74) is 0.468. The Balaban J connectivity index is 2.60. The van der Waals surface area contributed by atoms with Gasteiger partial charge in [-0.1, -0.05) is 0 Å². The fraction of sp³-hybridized carbons (Fsp3) is 0.429. The Morgan fingerprint density at radius 2 is 1.90 bits per heavy atom. The summed E-state index contributed by atoms with van der Waals surface area (Å²) in [7, 11) is 0. The molecule has 2 amide bonds. The van der Waals surface area contributed by atoms with Crippen molar-refractivity contribution in [2.45, 2.75) is 19.8 Å². The molecular weight excluding hydrogens is 274 g/mol. The summed E-state index contributed by atoms with van der Waals surface area (Å²) in [6, 6.07) is 3.17. The SMILES string of the molecule is CC(=O)NCCCN(CCC(=O)O)C(=O)c1ccncc1. The van der Waals surface area contributed by atoms with Gasteiger partial charge in [0.25, 0.3) is 5.91 Å². The smallest absolute Gasteiger partial charge is 0.305 e. The van der Waals surface area contributed by atoms with Crippen LogP contribution < -0.4 is 5.32 Å². The molecule has 7 heteroatoms. The second-order valence-corrected chi connectivity index (χ2v) is 4.51. The second-order valence-electron chi connectivity index (χ2n) is 4.51. The van der Waals surface area contributed by atoms with Gasteiger partial charge in [0.05, 0.1) is 6.42 Å². The van der Waals surface area contributed by atoms with E-state index >= 15 is 0 Å². The first-order valence-electron chi connectivity index (χ1n) is 6.66. The van der Waals surface area contributed by atoms with Crippen molar-refractivity contribution in [3.63, 3.8) is 0 Å². The Kier molecular flexibility index (Phi) is 6.86. The number of aromatic nitrogens is 1. The molecule has 21 heavy (non-hydrogen) atoms. The van der Waals surface area contributed by atoms with E-state index in [1.165, 1.54) is 24.2 Å². The molecule has 0 unspecified atom stereocenters. The quantitative estimate of drug-likeness (QED) is 0.681. The molecule has 0 atom stereocenters. The number of aliphatic carboxylic acids is 1. The standard InChI is InChI=1S/C14H19N3O4/c1-11(18)16-6-2-9-17(10-5-13(19)20)14(21)12-3-7-15-8-4-12/h3-4,7-8H,2,5-6,9-10H2,1H3,(H,16,18)(H,19,20). The lowest BCUT2D eigenvalue weighted by Gasteiger charge is -2.22. The summed E-state index contributed by atoms with van der Waals surface area (Å²) in [5.74, 6) is -1.32. The number of carbonyl (C=O) groups is 3. The van der Waals surface area contributed by atoms with Crippen molar-refractivity contribution in [3.05, 3.63) is 30.1 Å². The Morgan fingerprint density at radius 3 is 2.48 bits per heavy atom. The molecule has 0 aliphatic carbocycles. The van der Waals surface area contributed by atoms with Gasteiger partial charge in [0.2, 0.25) is 5.91 Å². The van der Waals surface area contributed by atoms with Gasteiger partial charge in [-0.2, -0.15) is 0 Å². The molecule has 0 spiro atoms. The Labute approximate surface area is 123 Å². The maximum atomic E-state index is 12.3. The van der Waals surface area contributed by atoms with Crippen molar-refractivity contribution >= 4 is 17.8 Å². The van der Waals surface area contributed by atoms with Gasteiger partial charge in [-0.05, 0) is 18.6 Å². The van der Waals surface area contributed by atoms with Crippen LogP contribution in [0, 0.1) is 0 Å². The van der Waals surface area contributed by atoms with E-state index in [1.807, 2.05) is 0 Å². The number of rotatable bonds is 8. The number of nitrogens with one attached hydrogen (secondary N) is 1. The largest absolute Gasteiger partial charge is 0.481 e. The maximum absolute atomic E-state index is 12.3. The van der Waals surface area contributed by atoms with Crippen LogP contribution in [0.1, 0.15) is 30.1 Å². The van der Waals surface area contributed by atoms with E-state index in [0.29, 0.717) is 25.1 Å². The summed E-state index contributed by atoms with van der Waals surface area (Å²) in [4.78, 5) is 39.1. The number of carbonyl (C=O) groups excluding carboxylic acids is 2. The predicted octanol–water partition coefficient (Wildman–Crippen LogP) is 0.525. The first-order chi connectivity index (χ1) is 10.0. The molecule has 2 N–H and O–H groups in total. The summed E-state index contributed by atoms with van der Waals surface area (Å²) in [6.07, 6.45) is 3.48. The van der Waals surface area contributed by atoms with Crippen molar-refractivity contribution in [1.29, 1.82) is 0 Å². The minimum atomic E-state index is -0.954. The monoisotopic (exact) mass is 293 g/mol. The van der Waals surface area contributed by atoms with E-state index in [2.05, 4.69) is 10.3 Å². The van der Waals surface area contributed by atoms with Crippen LogP contribution >= 0.6 is 0 Å². The molecule has 0 saturated carbocycles. The fourth-order valence-corrected chi connectivity index (χ4v) is 1.76. The van der Waals surface area contributed by atoms with Crippen LogP contribution in [0.15, 0.2) is 24.5 Å². The molecule has 0 fully saturated rings. The first-order valence-corrected chi connectivity index (χ1v) is 6.66. The number of carboxylic acids is 1. The zero-order valence-corrected chi connectivity index (χ0v) is 11.9. The van der Waals surface area contributed by atoms with Crippen LogP contribution in [-0.2, 0) is 9.59 Å². The number of nitrogens with zero attached hydrogens (tertiary/aromatic N) is 2. The molecule has 0 aromatic carbocycles. The van der Waals surface area contributed by atoms with E-state index in [1.54, 1.807) is 12.1 Å². The molecule has 0 aliphatic rings. The lowest BCUT2D eigenvalue weighted by atomic mass is 10.2. The zero-order chi connectivity index (χ0) is 15.7. The van der Waals surface area contributed by atoms with Gasteiger partial charge in [0, 0.05) is 44.5 Å². The van der Waals surface area contributed by atoms with Gasteiger partial charge in [-0.25, -0.2) is 0 Å². The number of pyridine rings is 1. The summed E-state index contributed by atoms with van der Waals surface area (Å²) >= 11 is 0. The van der Waals surface area contributed by atoms with E-state index in [0.717, 1.165) is 0 Å². The highest BCUT2D eigenvalue weighted by atomic mass is 16.4. The van der Waals surface area contributed by atoms with Crippen molar-refractivity contribution in [2.75, 3.05) is 19.6 Å². The molecule has 114 valence electrons. The number of hydrogen-bond donors (Lipinski definition) is 2. The Bertz CT molecular complexity index is 490. The zero-order valence-electron chi connectivity index (χ0n) is 11.9. The molecule has 1 aromatic rings. The average molecular weight is 293 g/mol. The molecule has 0 radical (unpaired) electrons. The molecule has 1 aromatic heterocycles. The summed E-state index contributed by atoms with van der Waals surface area (Å²) in [5, 5.41) is 11.4. The van der Waals surface area contributed by atoms with Gasteiger partial charge in [0.1, 0.15) is 0 Å². The highest BCUT2D eigenvalue weighted by molar-refractivity contribution is 5.94. The minimum absolute atomic E-state index is 0.114. The maximum Gasteiger partial charge on any atom is 0.305 e. The average Bonchev–Trinajstić information content (AvgIpc) is 2.46. The van der Waals surface area contributed by atoms with Crippen LogP contribution in [0.2, 0.25) is 0 Å². The number of carboxylic acid groups (broad SMARTS) is 1. The minimum Gasteiger partial charge on any atom is -0.481 e. The third-order valence-corrected chi connectivity index (χ3v) is 2.79. The Morgan fingerprint density at radius 1 is 1.24 bits per heavy atom. The second kappa shape index (κ2) is 8.68.